The van der Waals surface area contributed by atoms with Crippen LogP contribution in [0.2, 0.25) is 0 Å². The van der Waals surface area contributed by atoms with Crippen molar-refractivity contribution in [2.24, 2.45) is 5.11 Å². The van der Waals surface area contributed by atoms with Crippen LogP contribution in [0, 0.1) is 10.9 Å². The summed E-state index contributed by atoms with van der Waals surface area (Å²) in [5.74, 6) is -0.146. The van der Waals surface area contributed by atoms with Gasteiger partial charge in [-0.05, 0) is 31.2 Å². The molecule has 0 bridgehead atoms. The number of allylic oxidation sites excluding steroid dienone is 6. The number of hydrogen-bond donors (Lipinski definition) is 2. The summed E-state index contributed by atoms with van der Waals surface area (Å²) in [6, 6.07) is 12.9. The van der Waals surface area contributed by atoms with Crippen LogP contribution < -0.4 is 0 Å². The van der Waals surface area contributed by atoms with Crippen LogP contribution >= 0.6 is 0 Å². The molecule has 1 heterocycles. The van der Waals surface area contributed by atoms with Gasteiger partial charge in [0.1, 0.15) is 0 Å². The second-order valence-electron chi connectivity index (χ2n) is 6.37. The van der Waals surface area contributed by atoms with Crippen molar-refractivity contribution < 1.29 is 13.2 Å². The second kappa shape index (κ2) is 8.26. The van der Waals surface area contributed by atoms with Gasteiger partial charge in [0.05, 0.1) is 5.57 Å². The van der Waals surface area contributed by atoms with Gasteiger partial charge in [0, 0.05) is 33.9 Å². The van der Waals surface area contributed by atoms with E-state index in [1.807, 2.05) is 28.8 Å². The minimum atomic E-state index is -4.42. The van der Waals surface area contributed by atoms with Gasteiger partial charge < -0.3 is 4.57 Å². The number of nitrogens with zero attached hydrogens (tertiary/aromatic N) is 2. The molecule has 3 aromatic rings. The Morgan fingerprint density at radius 3 is 2.52 bits per heavy atom. The van der Waals surface area contributed by atoms with Gasteiger partial charge in [0.25, 0.3) is 0 Å². The molecule has 4 nitrogen and oxygen atoms in total. The van der Waals surface area contributed by atoms with E-state index < -0.39 is 11.7 Å². The third kappa shape index (κ3) is 4.18. The van der Waals surface area contributed by atoms with E-state index in [1.165, 1.54) is 12.2 Å². The van der Waals surface area contributed by atoms with E-state index in [1.54, 1.807) is 31.2 Å². The summed E-state index contributed by atoms with van der Waals surface area (Å²) < 4.78 is 41.4. The Hall–Kier alpha value is -3.48. The third-order valence-corrected chi connectivity index (χ3v) is 4.54. The van der Waals surface area contributed by atoms with Gasteiger partial charge in [0.15, 0.2) is 5.84 Å². The van der Waals surface area contributed by atoms with Crippen LogP contribution in [0.1, 0.15) is 12.5 Å². The van der Waals surface area contributed by atoms with Crippen molar-refractivity contribution in [1.82, 2.24) is 4.57 Å². The third-order valence-electron chi connectivity index (χ3n) is 4.54. The zero-order valence-electron chi connectivity index (χ0n) is 15.7. The molecule has 0 unspecified atom stereocenters. The number of benzene rings is 2. The number of aromatic nitrogens is 1. The molecule has 2 N–H and O–H groups in total. The van der Waals surface area contributed by atoms with Crippen molar-refractivity contribution in [1.29, 1.82) is 10.9 Å². The van der Waals surface area contributed by atoms with Gasteiger partial charge in [-0.3, -0.25) is 5.41 Å². The Labute approximate surface area is 165 Å². The Kier molecular flexibility index (Phi) is 5.77. The quantitative estimate of drug-likeness (QED) is 0.207. The first-order valence-electron chi connectivity index (χ1n) is 8.91. The summed E-state index contributed by atoms with van der Waals surface area (Å²) in [5, 5.41) is 12.7. The fourth-order valence-electron chi connectivity index (χ4n) is 3.19. The minimum Gasteiger partial charge on any atom is -0.337 e. The lowest BCUT2D eigenvalue weighted by atomic mass is 10.1. The summed E-state index contributed by atoms with van der Waals surface area (Å²) >= 11 is 0. The number of alkyl halides is 3. The molecule has 0 amide bonds. The highest BCUT2D eigenvalue weighted by atomic mass is 19.4. The first-order chi connectivity index (χ1) is 13.9. The number of halogens is 3. The molecule has 0 aliphatic heterocycles. The van der Waals surface area contributed by atoms with E-state index >= 15 is 0 Å². The van der Waals surface area contributed by atoms with Crippen molar-refractivity contribution in [2.75, 3.05) is 0 Å². The molecule has 0 aliphatic carbocycles. The van der Waals surface area contributed by atoms with E-state index in [4.69, 9.17) is 10.9 Å². The number of rotatable bonds is 5. The maximum atomic E-state index is 13.2. The minimum absolute atomic E-state index is 0.146. The fourth-order valence-corrected chi connectivity index (χ4v) is 3.19. The molecule has 2 aromatic carbocycles. The molecule has 29 heavy (non-hydrogen) atoms. The monoisotopic (exact) mass is 396 g/mol. The van der Waals surface area contributed by atoms with E-state index in [9.17, 15) is 13.2 Å². The van der Waals surface area contributed by atoms with Crippen LogP contribution in [0.4, 0.5) is 13.2 Å². The van der Waals surface area contributed by atoms with Gasteiger partial charge in [-0.25, -0.2) is 5.53 Å². The average molecular weight is 396 g/mol. The molecule has 3 rings (SSSR count). The van der Waals surface area contributed by atoms with Crippen LogP contribution in [0.5, 0.6) is 0 Å². The molecule has 0 spiro atoms. The lowest BCUT2D eigenvalue weighted by Gasteiger charge is -2.08. The molecular weight excluding hydrogens is 377 g/mol. The van der Waals surface area contributed by atoms with Crippen LogP contribution in [0.15, 0.2) is 83.5 Å². The Morgan fingerprint density at radius 1 is 1.10 bits per heavy atom. The van der Waals surface area contributed by atoms with E-state index in [0.29, 0.717) is 5.56 Å². The maximum Gasteiger partial charge on any atom is 0.416 e. The van der Waals surface area contributed by atoms with Crippen molar-refractivity contribution in [3.63, 3.8) is 0 Å². The molecule has 1 aromatic heterocycles. The molecular formula is C22H19F3N4. The average Bonchev–Trinajstić information content (AvgIpc) is 3.02. The first-order valence-corrected chi connectivity index (χ1v) is 8.91. The summed E-state index contributed by atoms with van der Waals surface area (Å²) in [4.78, 5) is 0. The van der Waals surface area contributed by atoms with Crippen molar-refractivity contribution in [3.8, 4) is 0 Å². The number of para-hydroxylation sites is 1. The van der Waals surface area contributed by atoms with Crippen molar-refractivity contribution >= 4 is 27.6 Å². The van der Waals surface area contributed by atoms with Crippen molar-refractivity contribution in [2.45, 2.75) is 19.6 Å². The Balaban J connectivity index is 2.07. The largest absolute Gasteiger partial charge is 0.416 e. The molecule has 0 fully saturated rings. The smallest absolute Gasteiger partial charge is 0.337 e. The van der Waals surface area contributed by atoms with Crippen LogP contribution in [0.25, 0.3) is 21.8 Å². The van der Waals surface area contributed by atoms with Crippen LogP contribution in [-0.4, -0.2) is 16.6 Å². The normalized spacial score (nSPS) is 13.2. The number of nitrogens with one attached hydrogen (secondary N) is 2. The molecule has 0 atom stereocenters. The molecule has 7 heteroatoms. The molecule has 148 valence electrons. The van der Waals surface area contributed by atoms with E-state index in [2.05, 4.69) is 5.11 Å². The molecule has 0 saturated heterocycles. The Morgan fingerprint density at radius 2 is 1.83 bits per heavy atom. The summed E-state index contributed by atoms with van der Waals surface area (Å²) in [6.07, 6.45) is 2.11. The van der Waals surface area contributed by atoms with Crippen molar-refractivity contribution in [3.05, 3.63) is 84.0 Å². The van der Waals surface area contributed by atoms with Gasteiger partial charge in [-0.2, -0.15) is 13.2 Å². The summed E-state index contributed by atoms with van der Waals surface area (Å²) in [5.41, 5.74) is 8.55. The standard InChI is InChI=1S/C22H19F3N4/c1-2-3-7-16(22(23,24)25)8-6-13-29-19-10-5-4-9-17(19)18-14-15(21(26)28-27)11-12-20(18)29/h2-12,14,26-27H,13H2,1H3/b3-2-,8-6+,16-7+,26-21?,28-27?. The van der Waals surface area contributed by atoms with Crippen LogP contribution in [0.3, 0.4) is 0 Å². The highest BCUT2D eigenvalue weighted by Gasteiger charge is 2.31. The highest BCUT2D eigenvalue weighted by molar-refractivity contribution is 6.11. The molecule has 0 radical (unpaired) electrons. The SMILES string of the molecule is C\C=C/C=C(\C=C\Cn1c2ccccc2c2cc(C(=N)N=N)ccc21)C(F)(F)F. The number of fused-ring (bicyclic) bond motifs is 3. The lowest BCUT2D eigenvalue weighted by molar-refractivity contribution is -0.0882. The van der Waals surface area contributed by atoms with Crippen LogP contribution in [-0.2, 0) is 6.54 Å². The van der Waals surface area contributed by atoms with Gasteiger partial charge in [0.2, 0.25) is 0 Å². The van der Waals surface area contributed by atoms with E-state index in [-0.39, 0.29) is 12.4 Å². The number of hydrogen-bond acceptors (Lipinski definition) is 2. The van der Waals surface area contributed by atoms with Gasteiger partial charge in [-0.15, -0.1) is 5.11 Å². The summed E-state index contributed by atoms with van der Waals surface area (Å²) in [7, 11) is 0. The van der Waals surface area contributed by atoms with Gasteiger partial charge in [-0.1, -0.05) is 48.6 Å². The predicted octanol–water partition coefficient (Wildman–Crippen LogP) is 6.77. The topological polar surface area (TPSA) is 65.0 Å². The first kappa shape index (κ1) is 20.3. The van der Waals surface area contributed by atoms with Gasteiger partial charge >= 0.3 is 6.18 Å². The zero-order chi connectivity index (χ0) is 21.0. The molecule has 0 saturated carbocycles. The highest BCUT2D eigenvalue weighted by Crippen LogP contribution is 2.31. The number of amidine groups is 1. The maximum absolute atomic E-state index is 13.2. The Bertz CT molecular complexity index is 1160. The second-order valence-corrected chi connectivity index (χ2v) is 6.37. The predicted molar refractivity (Wildman–Crippen MR) is 110 cm³/mol. The lowest BCUT2D eigenvalue weighted by Crippen LogP contribution is -2.10. The fraction of sp³-hybridized carbons (Fsp3) is 0.136. The van der Waals surface area contributed by atoms with E-state index in [0.717, 1.165) is 34.0 Å². The zero-order valence-corrected chi connectivity index (χ0v) is 15.7. The molecule has 0 aliphatic rings. The summed E-state index contributed by atoms with van der Waals surface area (Å²) in [6.45, 7) is 1.92.